The predicted molar refractivity (Wildman–Crippen MR) is 116 cm³/mol. The summed E-state index contributed by atoms with van der Waals surface area (Å²) >= 11 is 1.88. The van der Waals surface area contributed by atoms with Crippen LogP contribution in [0, 0.1) is 0 Å². The van der Waals surface area contributed by atoms with E-state index in [0.29, 0.717) is 23.8 Å². The minimum Gasteiger partial charge on any atom is -0.496 e. The van der Waals surface area contributed by atoms with Crippen molar-refractivity contribution in [1.82, 2.24) is 15.1 Å². The molecule has 30 heavy (non-hydrogen) atoms. The number of hydrogen-bond donors (Lipinski definition) is 1. The van der Waals surface area contributed by atoms with Crippen molar-refractivity contribution in [3.63, 3.8) is 0 Å². The van der Waals surface area contributed by atoms with E-state index in [4.69, 9.17) is 14.2 Å². The van der Waals surface area contributed by atoms with Gasteiger partial charge in [0.05, 0.1) is 33.9 Å². The van der Waals surface area contributed by atoms with Crippen LogP contribution in [-0.2, 0) is 16.1 Å². The van der Waals surface area contributed by atoms with Crippen molar-refractivity contribution in [2.24, 2.45) is 0 Å². The highest BCUT2D eigenvalue weighted by Crippen LogP contribution is 2.34. The number of nitrogens with zero attached hydrogens (tertiary/aromatic N) is 2. The summed E-state index contributed by atoms with van der Waals surface area (Å²) in [6, 6.07) is 3.36. The number of carbonyl (C=O) groups is 2. The summed E-state index contributed by atoms with van der Waals surface area (Å²) in [7, 11) is 4.71. The molecule has 1 unspecified atom stereocenters. The molecule has 0 aromatic heterocycles. The van der Waals surface area contributed by atoms with E-state index in [0.717, 1.165) is 49.5 Å². The SMILES string of the molecule is COc1cc(OC)c(OC)cc1CNC(=O)CN1CCCC1C(=O)N1CCSCC1. The number of hydrogen-bond acceptors (Lipinski definition) is 7. The number of amides is 2. The van der Waals surface area contributed by atoms with Gasteiger partial charge < -0.3 is 24.4 Å². The zero-order chi connectivity index (χ0) is 21.5. The van der Waals surface area contributed by atoms with Crippen molar-refractivity contribution in [1.29, 1.82) is 0 Å². The molecule has 1 aromatic rings. The van der Waals surface area contributed by atoms with E-state index < -0.39 is 0 Å². The van der Waals surface area contributed by atoms with Gasteiger partial charge in [-0.3, -0.25) is 14.5 Å². The third-order valence-electron chi connectivity index (χ3n) is 5.58. The number of thioether (sulfide) groups is 1. The summed E-state index contributed by atoms with van der Waals surface area (Å²) in [5.41, 5.74) is 0.795. The number of ether oxygens (including phenoxy) is 3. The highest BCUT2D eigenvalue weighted by Gasteiger charge is 2.35. The van der Waals surface area contributed by atoms with E-state index in [1.165, 1.54) is 0 Å². The Morgan fingerprint density at radius 3 is 2.37 bits per heavy atom. The highest BCUT2D eigenvalue weighted by molar-refractivity contribution is 7.99. The molecule has 166 valence electrons. The molecule has 2 heterocycles. The molecule has 0 saturated carbocycles. The van der Waals surface area contributed by atoms with Crippen LogP contribution in [0.3, 0.4) is 0 Å². The maximum absolute atomic E-state index is 12.9. The van der Waals surface area contributed by atoms with Crippen LogP contribution in [0.1, 0.15) is 18.4 Å². The van der Waals surface area contributed by atoms with Crippen LogP contribution in [0.4, 0.5) is 0 Å². The lowest BCUT2D eigenvalue weighted by Gasteiger charge is -2.32. The lowest BCUT2D eigenvalue weighted by Crippen LogP contribution is -2.50. The van der Waals surface area contributed by atoms with E-state index in [2.05, 4.69) is 5.32 Å². The normalized spacial score (nSPS) is 19.4. The summed E-state index contributed by atoms with van der Waals surface area (Å²) in [4.78, 5) is 29.5. The Morgan fingerprint density at radius 2 is 1.70 bits per heavy atom. The molecular weight excluding hydrogens is 406 g/mol. The third kappa shape index (κ3) is 5.31. The van der Waals surface area contributed by atoms with E-state index in [1.807, 2.05) is 21.6 Å². The van der Waals surface area contributed by atoms with Crippen molar-refractivity contribution >= 4 is 23.6 Å². The van der Waals surface area contributed by atoms with Crippen LogP contribution in [0.15, 0.2) is 12.1 Å². The summed E-state index contributed by atoms with van der Waals surface area (Å²) in [6.07, 6.45) is 1.76. The van der Waals surface area contributed by atoms with Gasteiger partial charge in [-0.05, 0) is 25.5 Å². The molecule has 3 rings (SSSR count). The lowest BCUT2D eigenvalue weighted by molar-refractivity contribution is -0.136. The second-order valence-electron chi connectivity index (χ2n) is 7.36. The topological polar surface area (TPSA) is 80.3 Å². The maximum atomic E-state index is 12.9. The molecule has 0 spiro atoms. The van der Waals surface area contributed by atoms with Gasteiger partial charge in [-0.2, -0.15) is 11.8 Å². The van der Waals surface area contributed by atoms with Gasteiger partial charge in [0.2, 0.25) is 11.8 Å². The minimum absolute atomic E-state index is 0.110. The van der Waals surface area contributed by atoms with Gasteiger partial charge in [0.1, 0.15) is 5.75 Å². The van der Waals surface area contributed by atoms with Crippen molar-refractivity contribution in [2.45, 2.75) is 25.4 Å². The highest BCUT2D eigenvalue weighted by atomic mass is 32.2. The van der Waals surface area contributed by atoms with Crippen molar-refractivity contribution in [3.8, 4) is 17.2 Å². The molecule has 0 radical (unpaired) electrons. The van der Waals surface area contributed by atoms with Crippen LogP contribution in [0.5, 0.6) is 17.2 Å². The fourth-order valence-electron chi connectivity index (χ4n) is 3.95. The number of carbonyl (C=O) groups excluding carboxylic acids is 2. The van der Waals surface area contributed by atoms with E-state index >= 15 is 0 Å². The molecule has 0 aliphatic carbocycles. The molecule has 9 heteroatoms. The van der Waals surface area contributed by atoms with Crippen molar-refractivity contribution < 1.29 is 23.8 Å². The number of likely N-dealkylation sites (tertiary alicyclic amines) is 1. The summed E-state index contributed by atoms with van der Waals surface area (Å²) < 4.78 is 16.1. The van der Waals surface area contributed by atoms with Crippen molar-refractivity contribution in [2.75, 3.05) is 59.0 Å². The summed E-state index contributed by atoms with van der Waals surface area (Å²) in [5, 5.41) is 2.94. The molecule has 2 aliphatic rings. The average molecular weight is 438 g/mol. The van der Waals surface area contributed by atoms with Gasteiger partial charge in [-0.25, -0.2) is 0 Å². The number of methoxy groups -OCH3 is 3. The second kappa shape index (κ2) is 10.8. The van der Waals surface area contributed by atoms with Gasteiger partial charge in [-0.15, -0.1) is 0 Å². The molecule has 2 amide bonds. The van der Waals surface area contributed by atoms with Crippen LogP contribution in [0.2, 0.25) is 0 Å². The average Bonchev–Trinajstić information content (AvgIpc) is 3.24. The quantitative estimate of drug-likeness (QED) is 0.658. The molecular formula is C21H31N3O5S. The molecule has 8 nitrogen and oxygen atoms in total. The Kier molecular flexibility index (Phi) is 8.09. The van der Waals surface area contributed by atoms with Gasteiger partial charge in [-0.1, -0.05) is 0 Å². The summed E-state index contributed by atoms with van der Waals surface area (Å²) in [6.45, 7) is 2.90. The van der Waals surface area contributed by atoms with Crippen molar-refractivity contribution in [3.05, 3.63) is 17.7 Å². The molecule has 1 atom stereocenters. The Balaban J connectivity index is 1.58. The fraction of sp³-hybridized carbons (Fsp3) is 0.619. The first-order valence-electron chi connectivity index (χ1n) is 10.2. The Hall–Kier alpha value is -2.13. The van der Waals surface area contributed by atoms with Gasteiger partial charge in [0.25, 0.3) is 0 Å². The molecule has 2 aliphatic heterocycles. The predicted octanol–water partition coefficient (Wildman–Crippen LogP) is 1.37. The van der Waals surface area contributed by atoms with Crippen LogP contribution < -0.4 is 19.5 Å². The maximum Gasteiger partial charge on any atom is 0.239 e. The molecule has 1 aromatic carbocycles. The molecule has 2 fully saturated rings. The fourth-order valence-corrected chi connectivity index (χ4v) is 4.86. The van der Waals surface area contributed by atoms with E-state index in [1.54, 1.807) is 33.5 Å². The largest absolute Gasteiger partial charge is 0.496 e. The number of rotatable bonds is 8. The minimum atomic E-state index is -0.186. The second-order valence-corrected chi connectivity index (χ2v) is 8.59. The summed E-state index contributed by atoms with van der Waals surface area (Å²) in [5.74, 6) is 3.80. The standard InChI is InChI=1S/C21H31N3O5S/c1-27-17-12-19(29-3)18(28-2)11-15(17)13-22-20(25)14-24-6-4-5-16(24)21(26)23-7-9-30-10-8-23/h11-12,16H,4-10,13-14H2,1-3H3,(H,22,25). The first-order valence-corrected chi connectivity index (χ1v) is 11.4. The lowest BCUT2D eigenvalue weighted by atomic mass is 10.1. The first kappa shape index (κ1) is 22.6. The number of benzene rings is 1. The zero-order valence-corrected chi connectivity index (χ0v) is 18.8. The van der Waals surface area contributed by atoms with E-state index in [-0.39, 0.29) is 24.4 Å². The number of nitrogens with one attached hydrogen (secondary N) is 1. The molecule has 1 N–H and O–H groups in total. The molecule has 0 bridgehead atoms. The molecule has 2 saturated heterocycles. The van der Waals surface area contributed by atoms with E-state index in [9.17, 15) is 9.59 Å². The monoisotopic (exact) mass is 437 g/mol. The van der Waals surface area contributed by atoms with Gasteiger partial charge in [0.15, 0.2) is 11.5 Å². The van der Waals surface area contributed by atoms with Gasteiger partial charge >= 0.3 is 0 Å². The first-order chi connectivity index (χ1) is 14.6. The Bertz CT molecular complexity index is 754. The zero-order valence-electron chi connectivity index (χ0n) is 17.9. The Labute approximate surface area is 182 Å². The van der Waals surface area contributed by atoms with Crippen LogP contribution in [0.25, 0.3) is 0 Å². The van der Waals surface area contributed by atoms with Crippen LogP contribution in [-0.4, -0.2) is 86.7 Å². The Morgan fingerprint density at radius 1 is 1.03 bits per heavy atom. The third-order valence-corrected chi connectivity index (χ3v) is 6.52. The van der Waals surface area contributed by atoms with Gasteiger partial charge in [0, 0.05) is 42.8 Å². The van der Waals surface area contributed by atoms with Crippen LogP contribution >= 0.6 is 11.8 Å². The smallest absolute Gasteiger partial charge is 0.239 e.